The first-order valence-electron chi connectivity index (χ1n) is 6.32. The molecule has 0 unspecified atom stereocenters. The van der Waals surface area contributed by atoms with Crippen LogP contribution in [-0.4, -0.2) is 6.61 Å². The summed E-state index contributed by atoms with van der Waals surface area (Å²) in [7, 11) is 0. The van der Waals surface area contributed by atoms with Gasteiger partial charge in [0.2, 0.25) is 0 Å². The molecular formula is C14H20FIO. The number of hydrogen-bond acceptors (Lipinski definition) is 1. The topological polar surface area (TPSA) is 9.23 Å². The van der Waals surface area contributed by atoms with Crippen molar-refractivity contribution in [2.45, 2.75) is 45.4 Å². The zero-order chi connectivity index (χ0) is 12.5. The van der Waals surface area contributed by atoms with Gasteiger partial charge in [-0.1, -0.05) is 39.0 Å². The molecule has 0 aliphatic rings. The van der Waals surface area contributed by atoms with Gasteiger partial charge >= 0.3 is 0 Å². The van der Waals surface area contributed by atoms with Gasteiger partial charge in [-0.2, -0.15) is 0 Å². The lowest BCUT2D eigenvalue weighted by Gasteiger charge is -2.07. The van der Waals surface area contributed by atoms with E-state index >= 15 is 0 Å². The van der Waals surface area contributed by atoms with Crippen LogP contribution in [0.1, 0.15) is 45.4 Å². The molecule has 0 bridgehead atoms. The van der Waals surface area contributed by atoms with E-state index in [1.165, 1.54) is 38.2 Å². The predicted octanol–water partition coefficient (Wildman–Crippen LogP) is 5.17. The van der Waals surface area contributed by atoms with Gasteiger partial charge in [0.05, 0.1) is 6.61 Å². The van der Waals surface area contributed by atoms with Crippen LogP contribution < -0.4 is 4.74 Å². The standard InChI is InChI=1S/C14H20FIO/c1-2-3-4-5-6-7-10-17-14-9-8-12(16)11-13(14)15/h8-9,11H,2-7,10H2,1H3. The second-order valence-electron chi connectivity index (χ2n) is 4.19. The molecule has 1 nitrogen and oxygen atoms in total. The van der Waals surface area contributed by atoms with Crippen LogP contribution >= 0.6 is 22.6 Å². The van der Waals surface area contributed by atoms with Crippen molar-refractivity contribution in [2.75, 3.05) is 6.61 Å². The molecule has 0 saturated carbocycles. The largest absolute Gasteiger partial charge is 0.491 e. The molecule has 0 heterocycles. The smallest absolute Gasteiger partial charge is 0.166 e. The summed E-state index contributed by atoms with van der Waals surface area (Å²) < 4.78 is 19.7. The van der Waals surface area contributed by atoms with Gasteiger partial charge in [-0.25, -0.2) is 4.39 Å². The zero-order valence-electron chi connectivity index (χ0n) is 10.3. The van der Waals surface area contributed by atoms with Gasteiger partial charge in [0.1, 0.15) is 0 Å². The van der Waals surface area contributed by atoms with Crippen molar-refractivity contribution < 1.29 is 9.13 Å². The maximum atomic E-state index is 13.4. The Morgan fingerprint density at radius 2 is 1.82 bits per heavy atom. The molecular weight excluding hydrogens is 330 g/mol. The van der Waals surface area contributed by atoms with Gasteiger partial charge in [0.15, 0.2) is 11.6 Å². The third-order valence-corrected chi connectivity index (χ3v) is 3.32. The number of unbranched alkanes of at least 4 members (excludes halogenated alkanes) is 5. The van der Waals surface area contributed by atoms with Crippen LogP contribution in [0.25, 0.3) is 0 Å². The Morgan fingerprint density at radius 3 is 2.53 bits per heavy atom. The van der Waals surface area contributed by atoms with Gasteiger partial charge in [-0.05, 0) is 47.2 Å². The molecule has 0 N–H and O–H groups in total. The average molecular weight is 350 g/mol. The first-order chi connectivity index (χ1) is 8.24. The summed E-state index contributed by atoms with van der Waals surface area (Å²) in [5.41, 5.74) is 0. The van der Waals surface area contributed by atoms with E-state index in [0.717, 1.165) is 9.99 Å². The van der Waals surface area contributed by atoms with Gasteiger partial charge < -0.3 is 4.74 Å². The van der Waals surface area contributed by atoms with Crippen LogP contribution in [0.5, 0.6) is 5.75 Å². The highest BCUT2D eigenvalue weighted by molar-refractivity contribution is 14.1. The van der Waals surface area contributed by atoms with Crippen LogP contribution in [-0.2, 0) is 0 Å². The molecule has 0 amide bonds. The fraction of sp³-hybridized carbons (Fsp3) is 0.571. The van der Waals surface area contributed by atoms with Crippen molar-refractivity contribution >= 4 is 22.6 Å². The van der Waals surface area contributed by atoms with Crippen LogP contribution in [0.2, 0.25) is 0 Å². The Hall–Kier alpha value is -0.320. The summed E-state index contributed by atoms with van der Waals surface area (Å²) in [6, 6.07) is 5.06. The molecule has 96 valence electrons. The second-order valence-corrected chi connectivity index (χ2v) is 5.44. The van der Waals surface area contributed by atoms with E-state index in [0.29, 0.717) is 12.4 Å². The summed E-state index contributed by atoms with van der Waals surface area (Å²) in [5, 5.41) is 0. The lowest BCUT2D eigenvalue weighted by Crippen LogP contribution is -1.99. The molecule has 3 heteroatoms. The fourth-order valence-electron chi connectivity index (χ4n) is 1.66. The van der Waals surface area contributed by atoms with Crippen molar-refractivity contribution in [1.82, 2.24) is 0 Å². The van der Waals surface area contributed by atoms with Gasteiger partial charge in [-0.15, -0.1) is 0 Å². The Bertz CT molecular complexity index is 328. The van der Waals surface area contributed by atoms with Crippen molar-refractivity contribution in [3.8, 4) is 5.75 Å². The molecule has 0 spiro atoms. The number of ether oxygens (including phenoxy) is 1. The molecule has 1 rings (SSSR count). The van der Waals surface area contributed by atoms with E-state index in [1.54, 1.807) is 6.07 Å². The van der Waals surface area contributed by atoms with Crippen molar-refractivity contribution in [2.24, 2.45) is 0 Å². The van der Waals surface area contributed by atoms with E-state index in [4.69, 9.17) is 4.74 Å². The van der Waals surface area contributed by atoms with Crippen LogP contribution in [0.4, 0.5) is 4.39 Å². The summed E-state index contributed by atoms with van der Waals surface area (Å²) >= 11 is 2.09. The highest BCUT2D eigenvalue weighted by atomic mass is 127. The molecule has 0 saturated heterocycles. The minimum absolute atomic E-state index is 0.261. The molecule has 1 aromatic carbocycles. The predicted molar refractivity (Wildman–Crippen MR) is 78.0 cm³/mol. The third-order valence-electron chi connectivity index (χ3n) is 2.65. The molecule has 0 atom stereocenters. The van der Waals surface area contributed by atoms with Crippen LogP contribution in [0.15, 0.2) is 18.2 Å². The van der Waals surface area contributed by atoms with Crippen molar-refractivity contribution in [1.29, 1.82) is 0 Å². The van der Waals surface area contributed by atoms with E-state index in [2.05, 4.69) is 29.5 Å². The molecule has 0 radical (unpaired) electrons. The molecule has 0 fully saturated rings. The SMILES string of the molecule is CCCCCCCCOc1ccc(I)cc1F. The second kappa shape index (κ2) is 8.72. The van der Waals surface area contributed by atoms with Crippen LogP contribution in [0, 0.1) is 9.39 Å². The summed E-state index contributed by atoms with van der Waals surface area (Å²) in [4.78, 5) is 0. The average Bonchev–Trinajstić information content (AvgIpc) is 2.30. The number of rotatable bonds is 8. The van der Waals surface area contributed by atoms with Gasteiger partial charge in [0.25, 0.3) is 0 Å². The van der Waals surface area contributed by atoms with Crippen molar-refractivity contribution in [3.05, 3.63) is 27.6 Å². The van der Waals surface area contributed by atoms with E-state index < -0.39 is 0 Å². The summed E-state index contributed by atoms with van der Waals surface area (Å²) in [5.74, 6) is 0.113. The highest BCUT2D eigenvalue weighted by Crippen LogP contribution is 2.19. The highest BCUT2D eigenvalue weighted by Gasteiger charge is 2.03. The molecule has 0 aliphatic carbocycles. The molecule has 17 heavy (non-hydrogen) atoms. The van der Waals surface area contributed by atoms with Crippen molar-refractivity contribution in [3.63, 3.8) is 0 Å². The quantitative estimate of drug-likeness (QED) is 0.464. The Balaban J connectivity index is 2.14. The normalized spacial score (nSPS) is 10.5. The van der Waals surface area contributed by atoms with E-state index in [1.807, 2.05) is 6.07 Å². The first-order valence-corrected chi connectivity index (χ1v) is 7.39. The Kier molecular flexibility index (Phi) is 7.56. The van der Waals surface area contributed by atoms with E-state index in [-0.39, 0.29) is 5.82 Å². The minimum Gasteiger partial charge on any atom is -0.491 e. The zero-order valence-corrected chi connectivity index (χ0v) is 12.5. The Labute approximate surface area is 117 Å². The molecule has 1 aromatic rings. The minimum atomic E-state index is -0.261. The summed E-state index contributed by atoms with van der Waals surface area (Å²) in [6.07, 6.45) is 7.32. The number of benzene rings is 1. The Morgan fingerprint density at radius 1 is 1.12 bits per heavy atom. The number of halogens is 2. The van der Waals surface area contributed by atoms with Gasteiger partial charge in [-0.3, -0.25) is 0 Å². The monoisotopic (exact) mass is 350 g/mol. The number of hydrogen-bond donors (Lipinski definition) is 0. The first kappa shape index (κ1) is 14.7. The van der Waals surface area contributed by atoms with Crippen LogP contribution in [0.3, 0.4) is 0 Å². The maximum Gasteiger partial charge on any atom is 0.166 e. The maximum absolute atomic E-state index is 13.4. The lowest BCUT2D eigenvalue weighted by atomic mass is 10.1. The fourth-order valence-corrected chi connectivity index (χ4v) is 2.11. The molecule has 0 aromatic heterocycles. The summed E-state index contributed by atoms with van der Waals surface area (Å²) in [6.45, 7) is 2.83. The lowest BCUT2D eigenvalue weighted by molar-refractivity contribution is 0.290. The third kappa shape index (κ3) is 6.24. The van der Waals surface area contributed by atoms with Gasteiger partial charge in [0, 0.05) is 3.57 Å². The molecule has 0 aliphatic heterocycles. The van der Waals surface area contributed by atoms with E-state index in [9.17, 15) is 4.39 Å².